The van der Waals surface area contributed by atoms with E-state index in [4.69, 9.17) is 9.52 Å². The van der Waals surface area contributed by atoms with Crippen LogP contribution in [-0.4, -0.2) is 24.4 Å². The van der Waals surface area contributed by atoms with Gasteiger partial charge < -0.3 is 9.52 Å². The summed E-state index contributed by atoms with van der Waals surface area (Å²) in [7, 11) is -3.64. The van der Waals surface area contributed by atoms with E-state index in [0.29, 0.717) is 19.5 Å². The Kier molecular flexibility index (Phi) is 3.37. The van der Waals surface area contributed by atoms with Crippen molar-refractivity contribution in [2.45, 2.75) is 24.7 Å². The molecule has 20 heavy (non-hydrogen) atoms. The van der Waals surface area contributed by atoms with Crippen molar-refractivity contribution in [3.8, 4) is 0 Å². The van der Waals surface area contributed by atoms with Gasteiger partial charge in [0.1, 0.15) is 12.4 Å². The first-order valence-electron chi connectivity index (χ1n) is 6.38. The van der Waals surface area contributed by atoms with Crippen LogP contribution >= 0.6 is 0 Å². The minimum atomic E-state index is -3.64. The maximum atomic E-state index is 12.5. The van der Waals surface area contributed by atoms with E-state index >= 15 is 0 Å². The summed E-state index contributed by atoms with van der Waals surface area (Å²) >= 11 is 0. The van der Waals surface area contributed by atoms with Crippen molar-refractivity contribution in [3.05, 3.63) is 53.3 Å². The fourth-order valence-electron chi connectivity index (χ4n) is 2.38. The highest BCUT2D eigenvalue weighted by atomic mass is 32.2. The van der Waals surface area contributed by atoms with E-state index in [1.807, 2.05) is 24.3 Å². The zero-order valence-electron chi connectivity index (χ0n) is 10.8. The zero-order valence-corrected chi connectivity index (χ0v) is 11.6. The minimum absolute atomic E-state index is 0.110. The Morgan fingerprint density at radius 3 is 2.60 bits per heavy atom. The Morgan fingerprint density at radius 1 is 1.15 bits per heavy atom. The van der Waals surface area contributed by atoms with Crippen LogP contribution in [0.1, 0.15) is 16.9 Å². The predicted molar refractivity (Wildman–Crippen MR) is 72.4 cm³/mol. The molecule has 1 aromatic carbocycles. The third-order valence-electron chi connectivity index (χ3n) is 3.48. The van der Waals surface area contributed by atoms with E-state index < -0.39 is 10.0 Å². The largest absolute Gasteiger partial charge is 0.446 e. The number of benzene rings is 1. The third kappa shape index (κ3) is 2.26. The summed E-state index contributed by atoms with van der Waals surface area (Å²) in [4.78, 5) is 0. The molecule has 0 radical (unpaired) electrons. The standard InChI is InChI=1S/C14H15NO4S/c16-10-13-5-6-14(19-13)20(17,18)15-8-7-11-3-1-2-4-12(11)9-15/h1-6,16H,7-10H2. The first-order valence-corrected chi connectivity index (χ1v) is 7.82. The van der Waals surface area contributed by atoms with E-state index in [0.717, 1.165) is 5.56 Å². The van der Waals surface area contributed by atoms with Gasteiger partial charge in [0.2, 0.25) is 5.09 Å². The topological polar surface area (TPSA) is 70.8 Å². The number of sulfonamides is 1. The molecule has 1 aliphatic rings. The molecule has 1 aromatic heterocycles. The summed E-state index contributed by atoms with van der Waals surface area (Å²) in [5.74, 6) is 0.251. The van der Waals surface area contributed by atoms with Gasteiger partial charge in [0.05, 0.1) is 0 Å². The number of aliphatic hydroxyl groups excluding tert-OH is 1. The van der Waals surface area contributed by atoms with Gasteiger partial charge in [-0.05, 0) is 29.7 Å². The molecule has 5 nitrogen and oxygen atoms in total. The van der Waals surface area contributed by atoms with Gasteiger partial charge in [-0.2, -0.15) is 4.31 Å². The van der Waals surface area contributed by atoms with Gasteiger partial charge in [0, 0.05) is 13.1 Å². The Balaban J connectivity index is 1.90. The number of fused-ring (bicyclic) bond motifs is 1. The molecular weight excluding hydrogens is 278 g/mol. The number of hydrogen-bond donors (Lipinski definition) is 1. The van der Waals surface area contributed by atoms with Crippen molar-refractivity contribution in [2.75, 3.05) is 6.54 Å². The Labute approximate surface area is 117 Å². The first kappa shape index (κ1) is 13.4. The average molecular weight is 293 g/mol. The Morgan fingerprint density at radius 2 is 1.90 bits per heavy atom. The molecule has 1 aliphatic heterocycles. The highest BCUT2D eigenvalue weighted by Crippen LogP contribution is 2.25. The molecule has 2 aromatic rings. The molecule has 0 bridgehead atoms. The lowest BCUT2D eigenvalue weighted by atomic mass is 10.0. The van der Waals surface area contributed by atoms with Crippen molar-refractivity contribution in [2.24, 2.45) is 0 Å². The summed E-state index contributed by atoms with van der Waals surface area (Å²) in [6.45, 7) is 0.487. The molecular formula is C14H15NO4S. The van der Waals surface area contributed by atoms with Crippen molar-refractivity contribution < 1.29 is 17.9 Å². The number of nitrogens with zero attached hydrogens (tertiary/aromatic N) is 1. The number of hydrogen-bond acceptors (Lipinski definition) is 4. The summed E-state index contributed by atoms with van der Waals surface area (Å²) in [5, 5.41) is 8.84. The van der Waals surface area contributed by atoms with Gasteiger partial charge in [-0.1, -0.05) is 24.3 Å². The maximum absolute atomic E-state index is 12.5. The van der Waals surface area contributed by atoms with E-state index in [1.54, 1.807) is 0 Å². The molecule has 1 N–H and O–H groups in total. The molecule has 2 heterocycles. The highest BCUT2D eigenvalue weighted by Gasteiger charge is 2.30. The second kappa shape index (κ2) is 5.05. The lowest BCUT2D eigenvalue weighted by Crippen LogP contribution is -2.35. The number of aliphatic hydroxyl groups is 1. The molecule has 0 aliphatic carbocycles. The van der Waals surface area contributed by atoms with Crippen molar-refractivity contribution >= 4 is 10.0 Å². The first-order chi connectivity index (χ1) is 9.61. The summed E-state index contributed by atoms with van der Waals surface area (Å²) in [6, 6.07) is 10.7. The van der Waals surface area contributed by atoms with Crippen LogP contribution in [-0.2, 0) is 29.6 Å². The highest BCUT2D eigenvalue weighted by molar-refractivity contribution is 7.89. The lowest BCUT2D eigenvalue weighted by molar-refractivity contribution is 0.234. The second-order valence-electron chi connectivity index (χ2n) is 4.74. The van der Waals surface area contributed by atoms with Gasteiger partial charge >= 0.3 is 0 Å². The molecule has 0 atom stereocenters. The summed E-state index contributed by atoms with van der Waals surface area (Å²) < 4.78 is 31.5. The second-order valence-corrected chi connectivity index (χ2v) is 6.61. The number of furan rings is 1. The fraction of sp³-hybridized carbons (Fsp3) is 0.286. The smallest absolute Gasteiger partial charge is 0.276 e. The quantitative estimate of drug-likeness (QED) is 0.931. The molecule has 0 saturated heterocycles. The van der Waals surface area contributed by atoms with Gasteiger partial charge in [0.15, 0.2) is 0 Å². The molecule has 0 amide bonds. The number of rotatable bonds is 3. The molecule has 0 saturated carbocycles. The summed E-state index contributed by atoms with van der Waals surface area (Å²) in [5.41, 5.74) is 2.21. The van der Waals surface area contributed by atoms with Gasteiger partial charge in [-0.3, -0.25) is 0 Å². The molecule has 106 valence electrons. The molecule has 6 heteroatoms. The summed E-state index contributed by atoms with van der Waals surface area (Å²) in [6.07, 6.45) is 0.697. The van der Waals surface area contributed by atoms with Gasteiger partial charge in [0.25, 0.3) is 10.0 Å². The van der Waals surface area contributed by atoms with E-state index in [1.165, 1.54) is 22.0 Å². The van der Waals surface area contributed by atoms with Gasteiger partial charge in [-0.25, -0.2) is 8.42 Å². The van der Waals surface area contributed by atoms with Crippen LogP contribution in [0.15, 0.2) is 45.9 Å². The van der Waals surface area contributed by atoms with Crippen LogP contribution in [0.4, 0.5) is 0 Å². The van der Waals surface area contributed by atoms with E-state index in [9.17, 15) is 8.42 Å². The normalized spacial score (nSPS) is 16.1. The molecule has 0 unspecified atom stereocenters. The van der Waals surface area contributed by atoms with Crippen LogP contribution in [0.5, 0.6) is 0 Å². The van der Waals surface area contributed by atoms with Crippen LogP contribution in [0, 0.1) is 0 Å². The predicted octanol–water partition coefficient (Wildman–Crippen LogP) is 1.52. The van der Waals surface area contributed by atoms with Crippen molar-refractivity contribution in [1.29, 1.82) is 0 Å². The minimum Gasteiger partial charge on any atom is -0.446 e. The SMILES string of the molecule is O=S(=O)(c1ccc(CO)o1)N1CCc2ccccc2C1. The average Bonchev–Trinajstić information content (AvgIpc) is 2.96. The third-order valence-corrected chi connectivity index (χ3v) is 5.20. The maximum Gasteiger partial charge on any atom is 0.276 e. The van der Waals surface area contributed by atoms with Gasteiger partial charge in [-0.15, -0.1) is 0 Å². The zero-order chi connectivity index (χ0) is 14.2. The Hall–Kier alpha value is -1.63. The van der Waals surface area contributed by atoms with Crippen LogP contribution in [0.25, 0.3) is 0 Å². The van der Waals surface area contributed by atoms with Crippen LogP contribution in [0.2, 0.25) is 0 Å². The molecule has 0 fully saturated rings. The van der Waals surface area contributed by atoms with E-state index in [-0.39, 0.29) is 17.5 Å². The van der Waals surface area contributed by atoms with Crippen molar-refractivity contribution in [1.82, 2.24) is 4.31 Å². The fourth-order valence-corrected chi connectivity index (χ4v) is 3.73. The molecule has 0 spiro atoms. The monoisotopic (exact) mass is 293 g/mol. The van der Waals surface area contributed by atoms with Crippen LogP contribution in [0.3, 0.4) is 0 Å². The lowest BCUT2D eigenvalue weighted by Gasteiger charge is -2.27. The van der Waals surface area contributed by atoms with Crippen molar-refractivity contribution in [3.63, 3.8) is 0 Å². The van der Waals surface area contributed by atoms with E-state index in [2.05, 4.69) is 0 Å². The Bertz CT molecular complexity index is 720. The van der Waals surface area contributed by atoms with Crippen LogP contribution < -0.4 is 0 Å². The molecule has 3 rings (SSSR count).